The number of halogens is 2. The van der Waals surface area contributed by atoms with Crippen LogP contribution < -0.4 is 4.72 Å². The van der Waals surface area contributed by atoms with Crippen molar-refractivity contribution >= 4 is 33.2 Å². The van der Waals surface area contributed by atoms with Gasteiger partial charge in [-0.05, 0) is 32.9 Å². The molecule has 0 aliphatic rings. The Kier molecular flexibility index (Phi) is 3.90. The lowest BCUT2D eigenvalue weighted by molar-refractivity contribution is 0.491. The number of nitrogens with one attached hydrogen (secondary N) is 1. The third-order valence-corrected chi connectivity index (χ3v) is 4.38. The van der Waals surface area contributed by atoms with Crippen LogP contribution in [0.2, 0.25) is 10.0 Å². The summed E-state index contributed by atoms with van der Waals surface area (Å²) in [6.07, 6.45) is 0. The van der Waals surface area contributed by atoms with E-state index < -0.39 is 15.6 Å². The molecule has 0 aliphatic heterocycles. The van der Waals surface area contributed by atoms with Crippen LogP contribution in [0.1, 0.15) is 20.8 Å². The molecule has 16 heavy (non-hydrogen) atoms. The summed E-state index contributed by atoms with van der Waals surface area (Å²) in [6, 6.07) is 4.51. The van der Waals surface area contributed by atoms with Crippen LogP contribution in [-0.4, -0.2) is 14.0 Å². The molecule has 1 rings (SSSR count). The quantitative estimate of drug-likeness (QED) is 0.906. The van der Waals surface area contributed by atoms with Gasteiger partial charge in [-0.15, -0.1) is 0 Å². The molecule has 1 aromatic carbocycles. The molecule has 0 aliphatic carbocycles. The number of hydrogen-bond donors (Lipinski definition) is 1. The van der Waals surface area contributed by atoms with Crippen LogP contribution in [-0.2, 0) is 10.0 Å². The number of hydrogen-bond acceptors (Lipinski definition) is 2. The monoisotopic (exact) mass is 281 g/mol. The lowest BCUT2D eigenvalue weighted by Gasteiger charge is -2.20. The molecule has 0 unspecified atom stereocenters. The van der Waals surface area contributed by atoms with Crippen LogP contribution in [0.5, 0.6) is 0 Å². The Balaban J connectivity index is 3.24. The molecule has 90 valence electrons. The van der Waals surface area contributed by atoms with E-state index in [1.807, 2.05) is 0 Å². The molecule has 1 aromatic rings. The first-order chi connectivity index (χ1) is 7.13. The summed E-state index contributed by atoms with van der Waals surface area (Å²) in [5.41, 5.74) is -0.565. The van der Waals surface area contributed by atoms with Crippen LogP contribution in [0.4, 0.5) is 0 Å². The van der Waals surface area contributed by atoms with Crippen LogP contribution in [0.25, 0.3) is 0 Å². The van der Waals surface area contributed by atoms with E-state index in [4.69, 9.17) is 23.2 Å². The second kappa shape index (κ2) is 4.53. The van der Waals surface area contributed by atoms with Gasteiger partial charge in [0.2, 0.25) is 10.0 Å². The summed E-state index contributed by atoms with van der Waals surface area (Å²) in [6.45, 7) is 5.26. The van der Waals surface area contributed by atoms with Crippen molar-refractivity contribution < 1.29 is 8.42 Å². The topological polar surface area (TPSA) is 46.2 Å². The molecule has 1 N–H and O–H groups in total. The SMILES string of the molecule is CC(C)(C)NS(=O)(=O)c1cccc(Cl)c1Cl. The van der Waals surface area contributed by atoms with Gasteiger partial charge in [0.1, 0.15) is 4.90 Å². The third kappa shape index (κ3) is 3.35. The standard InChI is InChI=1S/C10H13Cl2NO2S/c1-10(2,3)13-16(14,15)8-6-4-5-7(11)9(8)12/h4-6,13H,1-3H3. The van der Waals surface area contributed by atoms with Crippen molar-refractivity contribution in [1.82, 2.24) is 4.72 Å². The maximum Gasteiger partial charge on any atom is 0.242 e. The fourth-order valence-corrected chi connectivity index (χ4v) is 3.33. The highest BCUT2D eigenvalue weighted by Gasteiger charge is 2.24. The zero-order valence-corrected chi connectivity index (χ0v) is 11.5. The maximum atomic E-state index is 12.0. The normalized spacial score (nSPS) is 12.8. The number of rotatable bonds is 2. The van der Waals surface area contributed by atoms with E-state index >= 15 is 0 Å². The van der Waals surface area contributed by atoms with Crippen molar-refractivity contribution in [3.63, 3.8) is 0 Å². The molecular weight excluding hydrogens is 269 g/mol. The van der Waals surface area contributed by atoms with Crippen LogP contribution >= 0.6 is 23.2 Å². The zero-order valence-electron chi connectivity index (χ0n) is 9.21. The lowest BCUT2D eigenvalue weighted by Crippen LogP contribution is -2.40. The van der Waals surface area contributed by atoms with E-state index in [0.717, 1.165) is 0 Å². The number of benzene rings is 1. The second-order valence-corrected chi connectivity index (χ2v) is 6.84. The molecule has 0 saturated heterocycles. The van der Waals surface area contributed by atoms with E-state index in [0.29, 0.717) is 0 Å². The van der Waals surface area contributed by atoms with E-state index in [1.165, 1.54) is 6.07 Å². The minimum atomic E-state index is -3.64. The molecule has 0 spiro atoms. The largest absolute Gasteiger partial charge is 0.242 e. The Labute approximate surface area is 106 Å². The van der Waals surface area contributed by atoms with E-state index in [2.05, 4.69) is 4.72 Å². The summed E-state index contributed by atoms with van der Waals surface area (Å²) >= 11 is 11.6. The van der Waals surface area contributed by atoms with Gasteiger partial charge in [0.05, 0.1) is 10.0 Å². The van der Waals surface area contributed by atoms with E-state index in [1.54, 1.807) is 32.9 Å². The third-order valence-electron chi connectivity index (χ3n) is 1.65. The van der Waals surface area contributed by atoms with Crippen molar-refractivity contribution in [2.24, 2.45) is 0 Å². The van der Waals surface area contributed by atoms with Crippen LogP contribution in [0.3, 0.4) is 0 Å². The molecule has 6 heteroatoms. The highest BCUT2D eigenvalue weighted by molar-refractivity contribution is 7.89. The maximum absolute atomic E-state index is 12.0. The van der Waals surface area contributed by atoms with Gasteiger partial charge in [0.15, 0.2) is 0 Å². The Morgan fingerprint density at radius 2 is 1.75 bits per heavy atom. The molecule has 0 heterocycles. The predicted octanol–water partition coefficient (Wildman–Crippen LogP) is 3.07. The van der Waals surface area contributed by atoms with Gasteiger partial charge in [0.25, 0.3) is 0 Å². The molecule has 3 nitrogen and oxygen atoms in total. The fourth-order valence-electron chi connectivity index (χ4n) is 1.15. The van der Waals surface area contributed by atoms with Gasteiger partial charge in [-0.25, -0.2) is 13.1 Å². The summed E-state index contributed by atoms with van der Waals surface area (Å²) in [5.74, 6) is 0. The summed E-state index contributed by atoms with van der Waals surface area (Å²) in [7, 11) is -3.64. The average Bonchev–Trinajstić information content (AvgIpc) is 2.05. The van der Waals surface area contributed by atoms with Crippen molar-refractivity contribution in [1.29, 1.82) is 0 Å². The van der Waals surface area contributed by atoms with Gasteiger partial charge in [-0.3, -0.25) is 0 Å². The van der Waals surface area contributed by atoms with Gasteiger partial charge in [-0.2, -0.15) is 0 Å². The van der Waals surface area contributed by atoms with Gasteiger partial charge in [0, 0.05) is 5.54 Å². The Morgan fingerprint density at radius 3 is 2.25 bits per heavy atom. The second-order valence-electron chi connectivity index (χ2n) is 4.41. The first-order valence-electron chi connectivity index (χ1n) is 4.61. The molecule has 0 radical (unpaired) electrons. The summed E-state index contributed by atoms with van der Waals surface area (Å²) < 4.78 is 26.4. The van der Waals surface area contributed by atoms with E-state index in [-0.39, 0.29) is 14.9 Å². The van der Waals surface area contributed by atoms with Crippen molar-refractivity contribution in [3.05, 3.63) is 28.2 Å². The van der Waals surface area contributed by atoms with Crippen LogP contribution in [0.15, 0.2) is 23.1 Å². The van der Waals surface area contributed by atoms with Gasteiger partial charge >= 0.3 is 0 Å². The molecule has 0 amide bonds. The molecule has 0 aromatic heterocycles. The summed E-state index contributed by atoms with van der Waals surface area (Å²) in [5, 5.41) is 0.263. The summed E-state index contributed by atoms with van der Waals surface area (Å²) in [4.78, 5) is -0.00316. The van der Waals surface area contributed by atoms with Crippen LogP contribution in [0, 0.1) is 0 Å². The van der Waals surface area contributed by atoms with Crippen molar-refractivity contribution in [2.75, 3.05) is 0 Å². The Morgan fingerprint density at radius 1 is 1.19 bits per heavy atom. The first kappa shape index (κ1) is 13.8. The van der Waals surface area contributed by atoms with Gasteiger partial charge in [-0.1, -0.05) is 29.3 Å². The molecule has 0 atom stereocenters. The molecule has 0 fully saturated rings. The highest BCUT2D eigenvalue weighted by atomic mass is 35.5. The minimum absolute atomic E-state index is 0.00316. The first-order valence-corrected chi connectivity index (χ1v) is 6.85. The average molecular weight is 282 g/mol. The smallest absolute Gasteiger partial charge is 0.207 e. The molecule has 0 saturated carbocycles. The Hall–Kier alpha value is -0.290. The lowest BCUT2D eigenvalue weighted by atomic mass is 10.1. The van der Waals surface area contributed by atoms with Crippen molar-refractivity contribution in [2.45, 2.75) is 31.2 Å². The fraction of sp³-hybridized carbons (Fsp3) is 0.400. The van der Waals surface area contributed by atoms with Gasteiger partial charge < -0.3 is 0 Å². The van der Waals surface area contributed by atoms with E-state index in [9.17, 15) is 8.42 Å². The minimum Gasteiger partial charge on any atom is -0.207 e. The van der Waals surface area contributed by atoms with Crippen molar-refractivity contribution in [3.8, 4) is 0 Å². The Bertz CT molecular complexity index is 492. The molecule has 0 bridgehead atoms. The number of sulfonamides is 1. The predicted molar refractivity (Wildman–Crippen MR) is 66.5 cm³/mol. The molecular formula is C10H13Cl2NO2S. The zero-order chi connectivity index (χ0) is 12.6. The highest BCUT2D eigenvalue weighted by Crippen LogP contribution is 2.29.